The predicted molar refractivity (Wildman–Crippen MR) is 52.5 cm³/mol. The summed E-state index contributed by atoms with van der Waals surface area (Å²) < 4.78 is 37.5. The molecule has 0 bridgehead atoms. The number of hydrogen-bond donors (Lipinski definition) is 3. The third-order valence-electron chi connectivity index (χ3n) is 2.16. The number of nitrogens with zero attached hydrogens (tertiary/aromatic N) is 1. The number of fused-ring (bicyclic) bond motifs is 1. The van der Waals surface area contributed by atoms with Gasteiger partial charge in [0, 0.05) is 0 Å². The smallest absolute Gasteiger partial charge is 0.416 e. The number of imidazole rings is 1. The van der Waals surface area contributed by atoms with Gasteiger partial charge in [0.1, 0.15) is 5.52 Å². The van der Waals surface area contributed by atoms with Gasteiger partial charge in [0.2, 0.25) is 0 Å². The number of rotatable bonds is 1. The highest BCUT2D eigenvalue weighted by Crippen LogP contribution is 2.32. The number of benzene rings is 1. The summed E-state index contributed by atoms with van der Waals surface area (Å²) in [5.74, 6) is -1.63. The van der Waals surface area contributed by atoms with Gasteiger partial charge < -0.3 is 15.8 Å². The van der Waals surface area contributed by atoms with E-state index in [9.17, 15) is 18.0 Å². The number of carbonyl (C=O) groups is 1. The number of anilines is 1. The Morgan fingerprint density at radius 1 is 1.41 bits per heavy atom. The predicted octanol–water partition coefficient (Wildman–Crippen LogP) is 1.86. The van der Waals surface area contributed by atoms with E-state index in [1.165, 1.54) is 0 Å². The molecule has 2 rings (SSSR count). The molecule has 8 heteroatoms. The highest BCUT2D eigenvalue weighted by atomic mass is 19.4. The van der Waals surface area contributed by atoms with Crippen molar-refractivity contribution in [2.75, 3.05) is 5.73 Å². The van der Waals surface area contributed by atoms with E-state index in [0.717, 1.165) is 6.07 Å². The lowest BCUT2D eigenvalue weighted by Gasteiger charge is -2.07. The first-order valence-electron chi connectivity index (χ1n) is 4.39. The molecule has 17 heavy (non-hydrogen) atoms. The highest BCUT2D eigenvalue weighted by Gasteiger charge is 2.32. The zero-order chi connectivity index (χ0) is 12.8. The summed E-state index contributed by atoms with van der Waals surface area (Å²) in [5.41, 5.74) is 3.52. The number of nitrogens with two attached hydrogens (primary N) is 1. The van der Waals surface area contributed by atoms with Gasteiger partial charge in [0.05, 0.1) is 16.6 Å². The summed E-state index contributed by atoms with van der Waals surface area (Å²) >= 11 is 0. The van der Waals surface area contributed by atoms with Crippen LogP contribution in [0.1, 0.15) is 15.9 Å². The van der Waals surface area contributed by atoms with Gasteiger partial charge in [-0.3, -0.25) is 0 Å². The fraction of sp³-hybridized carbons (Fsp3) is 0.111. The molecule has 0 radical (unpaired) electrons. The van der Waals surface area contributed by atoms with E-state index >= 15 is 0 Å². The molecule has 0 unspecified atom stereocenters. The van der Waals surface area contributed by atoms with Gasteiger partial charge in [-0.05, 0) is 12.1 Å². The van der Waals surface area contributed by atoms with Gasteiger partial charge in [0.25, 0.3) is 0 Å². The number of nitrogens with one attached hydrogen (secondary N) is 1. The van der Waals surface area contributed by atoms with Crippen molar-refractivity contribution in [3.05, 3.63) is 23.3 Å². The van der Waals surface area contributed by atoms with Crippen LogP contribution in [0.25, 0.3) is 11.0 Å². The van der Waals surface area contributed by atoms with Crippen LogP contribution in [0, 0.1) is 0 Å². The molecule has 0 atom stereocenters. The molecule has 0 aliphatic carbocycles. The maximum absolute atomic E-state index is 12.5. The molecule has 1 aromatic heterocycles. The van der Waals surface area contributed by atoms with Crippen LogP contribution in [0.3, 0.4) is 0 Å². The Morgan fingerprint density at radius 2 is 2.06 bits per heavy atom. The molecule has 0 aliphatic heterocycles. The monoisotopic (exact) mass is 245 g/mol. The van der Waals surface area contributed by atoms with Crippen molar-refractivity contribution in [2.45, 2.75) is 6.18 Å². The average Bonchev–Trinajstić information content (AvgIpc) is 2.54. The van der Waals surface area contributed by atoms with Crippen molar-refractivity contribution in [1.82, 2.24) is 9.97 Å². The quantitative estimate of drug-likeness (QED) is 0.715. The minimum atomic E-state index is -4.63. The first-order valence-corrected chi connectivity index (χ1v) is 4.39. The maximum Gasteiger partial charge on any atom is 0.416 e. The number of carboxylic acid groups (broad SMARTS) is 1. The average molecular weight is 245 g/mol. The lowest BCUT2D eigenvalue weighted by Crippen LogP contribution is -2.08. The van der Waals surface area contributed by atoms with Crippen LogP contribution < -0.4 is 5.73 Å². The van der Waals surface area contributed by atoms with E-state index in [1.807, 2.05) is 0 Å². The summed E-state index contributed by atoms with van der Waals surface area (Å²) in [6.07, 6.45) is -4.63. The lowest BCUT2D eigenvalue weighted by molar-refractivity contribution is -0.137. The number of hydrogen-bond acceptors (Lipinski definition) is 3. The molecule has 90 valence electrons. The largest absolute Gasteiger partial charge is 0.478 e. The van der Waals surface area contributed by atoms with Crippen LogP contribution in [0.5, 0.6) is 0 Å². The third-order valence-corrected chi connectivity index (χ3v) is 2.16. The van der Waals surface area contributed by atoms with Gasteiger partial charge in [-0.2, -0.15) is 13.2 Å². The molecule has 0 fully saturated rings. The molecule has 0 saturated carbocycles. The first kappa shape index (κ1) is 11.2. The topological polar surface area (TPSA) is 92.0 Å². The van der Waals surface area contributed by atoms with E-state index in [1.54, 1.807) is 0 Å². The molecule has 1 heterocycles. The maximum atomic E-state index is 12.5. The van der Waals surface area contributed by atoms with E-state index < -0.39 is 23.3 Å². The Balaban J connectivity index is 2.80. The summed E-state index contributed by atoms with van der Waals surface area (Å²) in [4.78, 5) is 16.8. The zero-order valence-corrected chi connectivity index (χ0v) is 8.17. The van der Waals surface area contributed by atoms with Crippen molar-refractivity contribution in [2.24, 2.45) is 0 Å². The zero-order valence-electron chi connectivity index (χ0n) is 8.17. The van der Waals surface area contributed by atoms with Crippen molar-refractivity contribution >= 4 is 23.0 Å². The van der Waals surface area contributed by atoms with Crippen LogP contribution in [0.2, 0.25) is 0 Å². The molecule has 0 aliphatic rings. The van der Waals surface area contributed by atoms with Gasteiger partial charge in [-0.25, -0.2) is 9.78 Å². The van der Waals surface area contributed by atoms with Crippen LogP contribution in [0.15, 0.2) is 12.1 Å². The fourth-order valence-electron chi connectivity index (χ4n) is 1.46. The molecule has 5 nitrogen and oxygen atoms in total. The molecule has 1 aromatic carbocycles. The highest BCUT2D eigenvalue weighted by molar-refractivity contribution is 6.01. The molecule has 4 N–H and O–H groups in total. The summed E-state index contributed by atoms with van der Waals surface area (Å²) in [7, 11) is 0. The van der Waals surface area contributed by atoms with Gasteiger partial charge in [-0.1, -0.05) is 0 Å². The number of halogens is 3. The SMILES string of the molecule is Nc1nc2c(C(=O)O)cc(C(F)(F)F)cc2[nH]1. The van der Waals surface area contributed by atoms with Crippen molar-refractivity contribution in [3.8, 4) is 0 Å². The van der Waals surface area contributed by atoms with E-state index in [2.05, 4.69) is 9.97 Å². The molecule has 0 saturated heterocycles. The minimum Gasteiger partial charge on any atom is -0.478 e. The second-order valence-corrected chi connectivity index (χ2v) is 3.34. The van der Waals surface area contributed by atoms with Crippen LogP contribution in [-0.4, -0.2) is 21.0 Å². The summed E-state index contributed by atoms with van der Waals surface area (Å²) in [6, 6.07) is 1.30. The van der Waals surface area contributed by atoms with Crippen LogP contribution in [-0.2, 0) is 6.18 Å². The molecule has 0 amide bonds. The number of aromatic nitrogens is 2. The second kappa shape index (κ2) is 3.37. The summed E-state index contributed by atoms with van der Waals surface area (Å²) in [6.45, 7) is 0. The third kappa shape index (κ3) is 1.88. The minimum absolute atomic E-state index is 0.0604. The van der Waals surface area contributed by atoms with Crippen molar-refractivity contribution in [3.63, 3.8) is 0 Å². The van der Waals surface area contributed by atoms with Gasteiger partial charge >= 0.3 is 12.1 Å². The Hall–Kier alpha value is -2.25. The van der Waals surface area contributed by atoms with Gasteiger partial charge in [0.15, 0.2) is 5.95 Å². The Kier molecular flexibility index (Phi) is 2.23. The van der Waals surface area contributed by atoms with E-state index in [0.29, 0.717) is 6.07 Å². The van der Waals surface area contributed by atoms with Crippen molar-refractivity contribution < 1.29 is 23.1 Å². The van der Waals surface area contributed by atoms with Crippen molar-refractivity contribution in [1.29, 1.82) is 0 Å². The standard InChI is InChI=1S/C9H6F3N3O2/c10-9(11,12)3-1-4(7(16)17)6-5(2-3)14-8(13)15-6/h1-2H,(H,16,17)(H3,13,14,15). The van der Waals surface area contributed by atoms with E-state index in [4.69, 9.17) is 10.8 Å². The van der Waals surface area contributed by atoms with E-state index in [-0.39, 0.29) is 17.0 Å². The fourth-order valence-corrected chi connectivity index (χ4v) is 1.46. The lowest BCUT2D eigenvalue weighted by atomic mass is 10.1. The number of aromatic carboxylic acids is 1. The number of aromatic amines is 1. The molecular formula is C9H6F3N3O2. The van der Waals surface area contributed by atoms with Crippen LogP contribution in [0.4, 0.5) is 19.1 Å². The normalized spacial score (nSPS) is 11.9. The summed E-state index contributed by atoms with van der Waals surface area (Å²) in [5, 5.41) is 8.82. The Labute approximate surface area is 92.1 Å². The number of nitrogen functional groups attached to an aromatic ring is 1. The number of H-pyrrole nitrogens is 1. The molecular weight excluding hydrogens is 239 g/mol. The first-order chi connectivity index (χ1) is 7.79. The molecule has 0 spiro atoms. The Morgan fingerprint density at radius 3 is 2.59 bits per heavy atom. The number of carboxylic acids is 1. The van der Waals surface area contributed by atoms with Gasteiger partial charge in [-0.15, -0.1) is 0 Å². The number of alkyl halides is 3. The second-order valence-electron chi connectivity index (χ2n) is 3.34. The molecule has 2 aromatic rings. The Bertz CT molecular complexity index is 603. The van der Waals surface area contributed by atoms with Crippen LogP contribution >= 0.6 is 0 Å².